The molecule has 0 bridgehead atoms. The lowest BCUT2D eigenvalue weighted by molar-refractivity contribution is 0.216. The molecule has 2 rings (SSSR count). The maximum Gasteiger partial charge on any atom is 0.297 e. The Kier molecular flexibility index (Phi) is 8.42. The van der Waals surface area contributed by atoms with Gasteiger partial charge in [-0.25, -0.2) is 0 Å². The third-order valence-corrected chi connectivity index (χ3v) is 4.46. The summed E-state index contributed by atoms with van der Waals surface area (Å²) >= 11 is 0. The molecule has 1 N–H and O–H groups in total. The van der Waals surface area contributed by atoms with Crippen LogP contribution in [0, 0.1) is 0 Å². The van der Waals surface area contributed by atoms with Gasteiger partial charge < -0.3 is 19.4 Å². The highest BCUT2D eigenvalue weighted by atomic mass is 16.5. The zero-order chi connectivity index (χ0) is 20.5. The predicted molar refractivity (Wildman–Crippen MR) is 118 cm³/mol. The second kappa shape index (κ2) is 10.8. The highest BCUT2D eigenvalue weighted by Crippen LogP contribution is 2.35. The largest absolute Gasteiger partial charge is 0.489 e. The SMILES string of the molecule is C=CCNc1ccc2c(OCCCC)c(OC(C)C)c(=O)n(CCCC)c2c1. The lowest BCUT2D eigenvalue weighted by atomic mass is 10.1. The van der Waals surface area contributed by atoms with Crippen LogP contribution >= 0.6 is 0 Å². The van der Waals surface area contributed by atoms with Crippen molar-refractivity contribution in [2.45, 2.75) is 66.0 Å². The topological polar surface area (TPSA) is 52.5 Å². The van der Waals surface area contributed by atoms with E-state index in [4.69, 9.17) is 9.47 Å². The van der Waals surface area contributed by atoms with Gasteiger partial charge in [-0.2, -0.15) is 0 Å². The van der Waals surface area contributed by atoms with E-state index in [1.54, 1.807) is 0 Å². The van der Waals surface area contributed by atoms with E-state index in [1.165, 1.54) is 0 Å². The van der Waals surface area contributed by atoms with Gasteiger partial charge in [-0.3, -0.25) is 4.79 Å². The molecule has 1 aromatic carbocycles. The zero-order valence-corrected chi connectivity index (χ0v) is 17.7. The van der Waals surface area contributed by atoms with Crippen LogP contribution in [0.15, 0.2) is 35.6 Å². The molecule has 1 heterocycles. The monoisotopic (exact) mass is 386 g/mol. The number of aryl methyl sites for hydroxylation is 1. The molecular formula is C23H34N2O3. The van der Waals surface area contributed by atoms with Crippen molar-refractivity contribution in [2.24, 2.45) is 0 Å². The van der Waals surface area contributed by atoms with Crippen molar-refractivity contribution >= 4 is 16.6 Å². The van der Waals surface area contributed by atoms with E-state index >= 15 is 0 Å². The number of nitrogens with one attached hydrogen (secondary N) is 1. The van der Waals surface area contributed by atoms with Gasteiger partial charge in [-0.15, -0.1) is 6.58 Å². The molecule has 1 aromatic heterocycles. The van der Waals surface area contributed by atoms with Crippen LogP contribution in [0.1, 0.15) is 53.4 Å². The van der Waals surface area contributed by atoms with Gasteiger partial charge in [-0.05, 0) is 44.9 Å². The van der Waals surface area contributed by atoms with E-state index in [0.717, 1.165) is 42.3 Å². The van der Waals surface area contributed by atoms with Gasteiger partial charge in [0.25, 0.3) is 5.56 Å². The van der Waals surface area contributed by atoms with Crippen LogP contribution in [-0.2, 0) is 6.54 Å². The smallest absolute Gasteiger partial charge is 0.297 e. The predicted octanol–water partition coefficient (Wildman–Crippen LogP) is 5.37. The molecule has 2 aromatic rings. The number of hydrogen-bond acceptors (Lipinski definition) is 4. The molecular weight excluding hydrogens is 352 g/mol. The van der Waals surface area contributed by atoms with Crippen LogP contribution < -0.4 is 20.3 Å². The maximum absolute atomic E-state index is 13.3. The van der Waals surface area contributed by atoms with Gasteiger partial charge in [0.05, 0.1) is 18.2 Å². The molecule has 0 fully saturated rings. The Morgan fingerprint density at radius 2 is 1.93 bits per heavy atom. The minimum Gasteiger partial charge on any atom is -0.489 e. The lowest BCUT2D eigenvalue weighted by Crippen LogP contribution is -2.25. The van der Waals surface area contributed by atoms with Crippen molar-refractivity contribution < 1.29 is 9.47 Å². The average Bonchev–Trinajstić information content (AvgIpc) is 2.68. The van der Waals surface area contributed by atoms with Crippen LogP contribution in [0.5, 0.6) is 11.5 Å². The normalized spacial score (nSPS) is 11.0. The summed E-state index contributed by atoms with van der Waals surface area (Å²) in [6.45, 7) is 13.7. The Labute approximate surface area is 168 Å². The number of anilines is 1. The molecule has 28 heavy (non-hydrogen) atoms. The number of pyridine rings is 1. The molecule has 0 amide bonds. The van der Waals surface area contributed by atoms with Crippen LogP contribution in [0.4, 0.5) is 5.69 Å². The molecule has 0 atom stereocenters. The number of ether oxygens (including phenoxy) is 2. The second-order valence-electron chi connectivity index (χ2n) is 7.24. The van der Waals surface area contributed by atoms with Crippen LogP contribution in [0.2, 0.25) is 0 Å². The molecule has 5 heteroatoms. The summed E-state index contributed by atoms with van der Waals surface area (Å²) in [6.07, 6.45) is 5.61. The minimum atomic E-state index is -0.123. The molecule has 0 aliphatic carbocycles. The molecule has 0 aliphatic rings. The Hall–Kier alpha value is -2.43. The fourth-order valence-corrected chi connectivity index (χ4v) is 3.04. The number of hydrogen-bond donors (Lipinski definition) is 1. The van der Waals surface area contributed by atoms with Crippen LogP contribution in [0.3, 0.4) is 0 Å². The summed E-state index contributed by atoms with van der Waals surface area (Å²) in [7, 11) is 0. The molecule has 0 saturated heterocycles. The first-order valence-electron chi connectivity index (χ1n) is 10.4. The third kappa shape index (κ3) is 5.31. The number of rotatable bonds is 12. The minimum absolute atomic E-state index is 0.105. The first-order valence-corrected chi connectivity index (χ1v) is 10.4. The molecule has 0 unspecified atom stereocenters. The van der Waals surface area contributed by atoms with E-state index in [1.807, 2.05) is 42.7 Å². The molecule has 0 radical (unpaired) electrons. The fraction of sp³-hybridized carbons (Fsp3) is 0.522. The van der Waals surface area contributed by atoms with Crippen molar-refractivity contribution in [3.63, 3.8) is 0 Å². The van der Waals surface area contributed by atoms with Gasteiger partial charge in [0.1, 0.15) is 0 Å². The van der Waals surface area contributed by atoms with Gasteiger partial charge in [-0.1, -0.05) is 32.8 Å². The summed E-state index contributed by atoms with van der Waals surface area (Å²) in [4.78, 5) is 13.3. The van der Waals surface area contributed by atoms with Gasteiger partial charge >= 0.3 is 0 Å². The molecule has 154 valence electrons. The van der Waals surface area contributed by atoms with Gasteiger partial charge in [0.15, 0.2) is 5.75 Å². The van der Waals surface area contributed by atoms with Crippen LogP contribution in [-0.4, -0.2) is 23.8 Å². The number of fused-ring (bicyclic) bond motifs is 1. The highest BCUT2D eigenvalue weighted by molar-refractivity contribution is 5.90. The van der Waals surface area contributed by atoms with Crippen molar-refractivity contribution in [2.75, 3.05) is 18.5 Å². The number of nitrogens with zero attached hydrogens (tertiary/aromatic N) is 1. The summed E-state index contributed by atoms with van der Waals surface area (Å²) in [5.74, 6) is 0.881. The summed E-state index contributed by atoms with van der Waals surface area (Å²) < 4.78 is 13.8. The number of unbranched alkanes of at least 4 members (excludes halogenated alkanes) is 2. The van der Waals surface area contributed by atoms with Crippen LogP contribution in [0.25, 0.3) is 10.9 Å². The van der Waals surface area contributed by atoms with Gasteiger partial charge in [0.2, 0.25) is 5.75 Å². The summed E-state index contributed by atoms with van der Waals surface area (Å²) in [5, 5.41) is 4.21. The first-order chi connectivity index (χ1) is 13.5. The van der Waals surface area contributed by atoms with Gasteiger partial charge in [0, 0.05) is 24.2 Å². The second-order valence-corrected chi connectivity index (χ2v) is 7.24. The van der Waals surface area contributed by atoms with E-state index in [-0.39, 0.29) is 11.7 Å². The Balaban J connectivity index is 2.69. The zero-order valence-electron chi connectivity index (χ0n) is 17.7. The Morgan fingerprint density at radius 3 is 2.57 bits per heavy atom. The molecule has 0 aliphatic heterocycles. The van der Waals surface area contributed by atoms with Crippen molar-refractivity contribution in [1.82, 2.24) is 4.57 Å². The maximum atomic E-state index is 13.3. The highest BCUT2D eigenvalue weighted by Gasteiger charge is 2.21. The molecule has 0 saturated carbocycles. The van der Waals surface area contributed by atoms with E-state index < -0.39 is 0 Å². The summed E-state index contributed by atoms with van der Waals surface area (Å²) in [6, 6.07) is 6.03. The van der Waals surface area contributed by atoms with Crippen molar-refractivity contribution in [3.05, 3.63) is 41.2 Å². The van der Waals surface area contributed by atoms with Crippen molar-refractivity contribution in [1.29, 1.82) is 0 Å². The first kappa shape index (κ1) is 21.9. The van der Waals surface area contributed by atoms with E-state index in [2.05, 4.69) is 25.7 Å². The third-order valence-electron chi connectivity index (χ3n) is 4.46. The van der Waals surface area contributed by atoms with E-state index in [9.17, 15) is 4.79 Å². The molecule has 0 spiro atoms. The van der Waals surface area contributed by atoms with Crippen molar-refractivity contribution in [3.8, 4) is 11.5 Å². The standard InChI is InChI=1S/C23H34N2O3/c1-6-9-14-25-20-16-18(24-13-8-3)11-12-19(20)21(27-15-10-7-2)22(23(25)26)28-17(4)5/h8,11-12,16-17,24H,3,6-7,9-10,13-15H2,1-2,4-5H3. The summed E-state index contributed by atoms with van der Waals surface area (Å²) in [5.41, 5.74) is 1.70. The quantitative estimate of drug-likeness (QED) is 0.394. The number of aromatic nitrogens is 1. The average molecular weight is 387 g/mol. The molecule has 5 nitrogen and oxygen atoms in total. The lowest BCUT2D eigenvalue weighted by Gasteiger charge is -2.20. The van der Waals surface area contributed by atoms with E-state index in [0.29, 0.717) is 31.2 Å². The Bertz CT molecular complexity index is 840. The number of benzene rings is 1. The Morgan fingerprint density at radius 1 is 1.18 bits per heavy atom. The fourth-order valence-electron chi connectivity index (χ4n) is 3.04.